The molecule has 1 nitrogen and oxygen atoms in total. The molecule has 0 radical (unpaired) electrons. The highest BCUT2D eigenvalue weighted by molar-refractivity contribution is 9.09. The van der Waals surface area contributed by atoms with Crippen LogP contribution in [0.2, 0.25) is 0 Å². The average Bonchev–Trinajstić information content (AvgIpc) is 2.36. The summed E-state index contributed by atoms with van der Waals surface area (Å²) >= 11 is 5.67. The average molecular weight is 328 g/mol. The third-order valence-corrected chi connectivity index (χ3v) is 6.25. The van der Waals surface area contributed by atoms with Gasteiger partial charge in [-0.3, -0.25) is 0 Å². The number of aryl methyl sites for hydroxylation is 2. The molecule has 0 amide bonds. The van der Waals surface area contributed by atoms with Crippen LogP contribution in [0.3, 0.4) is 0 Å². The number of aromatic nitrogens is 1. The van der Waals surface area contributed by atoms with Crippen molar-refractivity contribution in [2.24, 2.45) is 5.41 Å². The van der Waals surface area contributed by atoms with Gasteiger partial charge in [0, 0.05) is 16.8 Å². The van der Waals surface area contributed by atoms with Crippen molar-refractivity contribution in [3.8, 4) is 0 Å². The van der Waals surface area contributed by atoms with Gasteiger partial charge in [0.15, 0.2) is 0 Å². The zero-order valence-electron chi connectivity index (χ0n) is 11.3. The van der Waals surface area contributed by atoms with Crippen molar-refractivity contribution in [1.29, 1.82) is 0 Å². The number of halogens is 1. The van der Waals surface area contributed by atoms with Crippen LogP contribution in [0.4, 0.5) is 0 Å². The van der Waals surface area contributed by atoms with Crippen LogP contribution >= 0.6 is 27.7 Å². The van der Waals surface area contributed by atoms with Crippen LogP contribution in [0, 0.1) is 19.3 Å². The van der Waals surface area contributed by atoms with Crippen molar-refractivity contribution in [2.75, 3.05) is 11.1 Å². The predicted octanol–water partition coefficient (Wildman–Crippen LogP) is 5.14. The standard InChI is InChI=1S/C15H22BrNS/c1-12-8-13(2)17-14(9-12)18-11-15(10-16)6-4-3-5-7-15/h8-9H,3-7,10-11H2,1-2H3. The maximum atomic E-state index is 4.63. The van der Waals surface area contributed by atoms with Gasteiger partial charge in [0.05, 0.1) is 5.03 Å². The number of thioether (sulfide) groups is 1. The largest absolute Gasteiger partial charge is 0.247 e. The summed E-state index contributed by atoms with van der Waals surface area (Å²) in [6, 6.07) is 4.35. The minimum absolute atomic E-state index is 0.502. The first-order valence-corrected chi connectivity index (χ1v) is 8.88. The Hall–Kier alpha value is -0.0200. The number of hydrogen-bond donors (Lipinski definition) is 0. The van der Waals surface area contributed by atoms with Gasteiger partial charge in [-0.05, 0) is 49.8 Å². The van der Waals surface area contributed by atoms with Crippen molar-refractivity contribution in [1.82, 2.24) is 4.98 Å². The van der Waals surface area contributed by atoms with Gasteiger partial charge in [-0.15, -0.1) is 11.8 Å². The summed E-state index contributed by atoms with van der Waals surface area (Å²) in [6.07, 6.45) is 6.95. The Morgan fingerprint density at radius 1 is 1.22 bits per heavy atom. The molecule has 1 aromatic rings. The van der Waals surface area contributed by atoms with Gasteiger partial charge in [-0.25, -0.2) is 4.98 Å². The van der Waals surface area contributed by atoms with E-state index in [1.165, 1.54) is 48.4 Å². The second-order valence-corrected chi connectivity index (χ2v) is 7.16. The summed E-state index contributed by atoms with van der Waals surface area (Å²) in [7, 11) is 0. The highest BCUT2D eigenvalue weighted by Gasteiger charge is 2.31. The Morgan fingerprint density at radius 2 is 1.94 bits per heavy atom. The van der Waals surface area contributed by atoms with Crippen molar-refractivity contribution in [3.63, 3.8) is 0 Å². The van der Waals surface area contributed by atoms with Crippen LogP contribution in [0.15, 0.2) is 17.2 Å². The molecule has 0 aliphatic heterocycles. The summed E-state index contributed by atoms with van der Waals surface area (Å²) in [5.41, 5.74) is 2.96. The first-order valence-electron chi connectivity index (χ1n) is 6.78. The molecular weight excluding hydrogens is 306 g/mol. The van der Waals surface area contributed by atoms with Gasteiger partial charge in [-0.1, -0.05) is 35.2 Å². The summed E-state index contributed by atoms with van der Waals surface area (Å²) in [5, 5.41) is 2.33. The molecule has 1 aliphatic carbocycles. The molecule has 2 rings (SSSR count). The number of alkyl halides is 1. The van der Waals surface area contributed by atoms with Crippen LogP contribution in [-0.4, -0.2) is 16.1 Å². The number of hydrogen-bond acceptors (Lipinski definition) is 2. The van der Waals surface area contributed by atoms with Crippen molar-refractivity contribution < 1.29 is 0 Å². The molecule has 0 unspecified atom stereocenters. The maximum Gasteiger partial charge on any atom is 0.0965 e. The fourth-order valence-corrected chi connectivity index (χ4v) is 5.07. The van der Waals surface area contributed by atoms with Crippen molar-refractivity contribution >= 4 is 27.7 Å². The molecule has 1 fully saturated rings. The highest BCUT2D eigenvalue weighted by Crippen LogP contribution is 2.41. The fourth-order valence-electron chi connectivity index (χ4n) is 2.72. The Bertz CT molecular complexity index is 379. The molecule has 0 saturated heterocycles. The van der Waals surface area contributed by atoms with Gasteiger partial charge < -0.3 is 0 Å². The van der Waals surface area contributed by atoms with Crippen LogP contribution in [0.25, 0.3) is 0 Å². The lowest BCUT2D eigenvalue weighted by atomic mass is 9.77. The van der Waals surface area contributed by atoms with Gasteiger partial charge in [0.2, 0.25) is 0 Å². The number of pyridine rings is 1. The molecule has 18 heavy (non-hydrogen) atoms. The summed E-state index contributed by atoms with van der Waals surface area (Å²) < 4.78 is 0. The lowest BCUT2D eigenvalue weighted by molar-refractivity contribution is 0.260. The molecule has 0 N–H and O–H groups in total. The quantitative estimate of drug-likeness (QED) is 0.561. The van der Waals surface area contributed by atoms with Crippen LogP contribution in [0.1, 0.15) is 43.4 Å². The lowest BCUT2D eigenvalue weighted by Crippen LogP contribution is -2.28. The summed E-state index contributed by atoms with van der Waals surface area (Å²) in [6.45, 7) is 4.23. The minimum Gasteiger partial charge on any atom is -0.247 e. The maximum absolute atomic E-state index is 4.63. The Morgan fingerprint density at radius 3 is 2.56 bits per heavy atom. The molecule has 100 valence electrons. The van der Waals surface area contributed by atoms with Gasteiger partial charge in [0.1, 0.15) is 0 Å². The van der Waals surface area contributed by atoms with E-state index in [0.29, 0.717) is 5.41 Å². The molecule has 1 heterocycles. The smallest absolute Gasteiger partial charge is 0.0965 e. The fraction of sp³-hybridized carbons (Fsp3) is 0.667. The molecule has 0 spiro atoms. The molecule has 1 saturated carbocycles. The molecule has 1 aliphatic rings. The Kier molecular flexibility index (Phi) is 5.14. The van der Waals surface area contributed by atoms with E-state index in [1.807, 2.05) is 11.8 Å². The molecule has 0 atom stereocenters. The van der Waals surface area contributed by atoms with Crippen LogP contribution in [0.5, 0.6) is 0 Å². The molecule has 0 aromatic carbocycles. The molecule has 0 bridgehead atoms. The second-order valence-electron chi connectivity index (χ2n) is 5.61. The third kappa shape index (κ3) is 3.74. The topological polar surface area (TPSA) is 12.9 Å². The number of nitrogens with zero attached hydrogens (tertiary/aromatic N) is 1. The SMILES string of the molecule is Cc1cc(C)nc(SCC2(CBr)CCCCC2)c1. The second kappa shape index (κ2) is 6.42. The summed E-state index contributed by atoms with van der Waals surface area (Å²) in [5.74, 6) is 1.20. The van der Waals surface area contributed by atoms with E-state index in [9.17, 15) is 0 Å². The van der Waals surface area contributed by atoms with Crippen LogP contribution in [-0.2, 0) is 0 Å². The molecule has 1 aromatic heterocycles. The minimum atomic E-state index is 0.502. The normalized spacial score (nSPS) is 18.8. The van der Waals surface area contributed by atoms with Gasteiger partial charge >= 0.3 is 0 Å². The van der Waals surface area contributed by atoms with E-state index in [2.05, 4.69) is 46.9 Å². The van der Waals surface area contributed by atoms with Crippen molar-refractivity contribution in [3.05, 3.63) is 23.4 Å². The molecular formula is C15H22BrNS. The van der Waals surface area contributed by atoms with Gasteiger partial charge in [-0.2, -0.15) is 0 Å². The summed E-state index contributed by atoms with van der Waals surface area (Å²) in [4.78, 5) is 4.63. The zero-order valence-corrected chi connectivity index (χ0v) is 13.7. The Labute approximate surface area is 123 Å². The van der Waals surface area contributed by atoms with E-state index in [0.717, 1.165) is 11.0 Å². The van der Waals surface area contributed by atoms with E-state index < -0.39 is 0 Å². The van der Waals surface area contributed by atoms with Gasteiger partial charge in [0.25, 0.3) is 0 Å². The van der Waals surface area contributed by atoms with Crippen molar-refractivity contribution in [2.45, 2.75) is 51.0 Å². The monoisotopic (exact) mass is 327 g/mol. The van der Waals surface area contributed by atoms with E-state index in [1.54, 1.807) is 0 Å². The highest BCUT2D eigenvalue weighted by atomic mass is 79.9. The first kappa shape index (κ1) is 14.4. The van der Waals surface area contributed by atoms with E-state index >= 15 is 0 Å². The number of rotatable bonds is 4. The predicted molar refractivity (Wildman–Crippen MR) is 83.7 cm³/mol. The first-order chi connectivity index (χ1) is 8.63. The van der Waals surface area contributed by atoms with Crippen LogP contribution < -0.4 is 0 Å². The third-order valence-electron chi connectivity index (χ3n) is 3.80. The Balaban J connectivity index is 2.00. The van der Waals surface area contributed by atoms with E-state index in [4.69, 9.17) is 0 Å². The molecule has 3 heteroatoms. The lowest BCUT2D eigenvalue weighted by Gasteiger charge is -2.35. The zero-order chi connectivity index (χ0) is 13.0. The van der Waals surface area contributed by atoms with E-state index in [-0.39, 0.29) is 0 Å².